The number of aryl methyl sites for hydroxylation is 1. The first-order valence-corrected chi connectivity index (χ1v) is 9.32. The van der Waals surface area contributed by atoms with E-state index in [1.807, 2.05) is 28.9 Å². The molecule has 3 rings (SSSR count). The van der Waals surface area contributed by atoms with Crippen molar-refractivity contribution in [3.8, 4) is 6.07 Å². The minimum atomic E-state index is 0.0591. The zero-order valence-electron chi connectivity index (χ0n) is 16.1. The summed E-state index contributed by atoms with van der Waals surface area (Å²) in [5.41, 5.74) is 2.79. The second kappa shape index (κ2) is 8.17. The van der Waals surface area contributed by atoms with Crippen LogP contribution in [-0.2, 0) is 4.79 Å². The standard InChI is InChI=1S/C21H25N5O/c1-15-6-4-5-7-18(15)16(2)12-20(27)26-11-10-25(14-17(26)3)21-19(13-22)23-8-9-24-21/h4-9,16-17H,10-12,14H2,1-3H3. The molecule has 0 spiro atoms. The van der Waals surface area contributed by atoms with E-state index in [0.717, 1.165) is 0 Å². The van der Waals surface area contributed by atoms with Gasteiger partial charge in [-0.05, 0) is 30.9 Å². The number of amides is 1. The molecule has 6 heteroatoms. The van der Waals surface area contributed by atoms with Crippen LogP contribution in [0, 0.1) is 18.3 Å². The average Bonchev–Trinajstić information content (AvgIpc) is 2.68. The summed E-state index contributed by atoms with van der Waals surface area (Å²) in [7, 11) is 0. The van der Waals surface area contributed by atoms with E-state index in [1.54, 1.807) is 6.20 Å². The average molecular weight is 363 g/mol. The van der Waals surface area contributed by atoms with E-state index in [4.69, 9.17) is 0 Å². The number of nitriles is 1. The molecule has 1 aromatic heterocycles. The SMILES string of the molecule is Cc1ccccc1C(C)CC(=O)N1CCN(c2nccnc2C#N)CC1C. The maximum atomic E-state index is 12.9. The first kappa shape index (κ1) is 18.8. The van der Waals surface area contributed by atoms with Crippen LogP contribution in [0.3, 0.4) is 0 Å². The maximum Gasteiger partial charge on any atom is 0.223 e. The Morgan fingerprint density at radius 2 is 2.04 bits per heavy atom. The number of hydrogen-bond donors (Lipinski definition) is 0. The minimum absolute atomic E-state index is 0.0591. The molecule has 2 unspecified atom stereocenters. The lowest BCUT2D eigenvalue weighted by Crippen LogP contribution is -2.54. The summed E-state index contributed by atoms with van der Waals surface area (Å²) < 4.78 is 0. The second-order valence-corrected chi connectivity index (χ2v) is 7.18. The molecule has 0 aliphatic carbocycles. The highest BCUT2D eigenvalue weighted by Crippen LogP contribution is 2.25. The predicted octanol–water partition coefficient (Wildman–Crippen LogP) is 2.89. The van der Waals surface area contributed by atoms with Crippen LogP contribution < -0.4 is 4.90 Å². The lowest BCUT2D eigenvalue weighted by atomic mass is 9.93. The van der Waals surface area contributed by atoms with Gasteiger partial charge in [-0.3, -0.25) is 4.79 Å². The van der Waals surface area contributed by atoms with Gasteiger partial charge in [0.25, 0.3) is 0 Å². The number of aromatic nitrogens is 2. The van der Waals surface area contributed by atoms with Gasteiger partial charge in [0.1, 0.15) is 6.07 Å². The lowest BCUT2D eigenvalue weighted by molar-refractivity contribution is -0.133. The zero-order chi connectivity index (χ0) is 19.4. The van der Waals surface area contributed by atoms with Gasteiger partial charge in [-0.1, -0.05) is 31.2 Å². The Morgan fingerprint density at radius 3 is 2.74 bits per heavy atom. The number of carbonyl (C=O) groups excluding carboxylic acids is 1. The Balaban J connectivity index is 1.65. The normalized spacial score (nSPS) is 18.1. The molecule has 0 radical (unpaired) electrons. The molecule has 0 bridgehead atoms. The highest BCUT2D eigenvalue weighted by atomic mass is 16.2. The Morgan fingerprint density at radius 1 is 1.30 bits per heavy atom. The quantitative estimate of drug-likeness (QED) is 0.835. The molecule has 27 heavy (non-hydrogen) atoms. The molecule has 2 atom stereocenters. The molecule has 2 aromatic rings. The number of anilines is 1. The van der Waals surface area contributed by atoms with E-state index < -0.39 is 0 Å². The molecule has 140 valence electrons. The van der Waals surface area contributed by atoms with Crippen LogP contribution in [-0.4, -0.2) is 46.5 Å². The Hall–Kier alpha value is -2.94. The number of piperazine rings is 1. The molecule has 1 saturated heterocycles. The van der Waals surface area contributed by atoms with Crippen molar-refractivity contribution in [2.75, 3.05) is 24.5 Å². The van der Waals surface area contributed by atoms with Crippen molar-refractivity contribution in [2.24, 2.45) is 0 Å². The van der Waals surface area contributed by atoms with Gasteiger partial charge < -0.3 is 9.80 Å². The monoisotopic (exact) mass is 363 g/mol. The fraction of sp³-hybridized carbons (Fsp3) is 0.429. The molecule has 2 heterocycles. The van der Waals surface area contributed by atoms with Gasteiger partial charge in [0.2, 0.25) is 5.91 Å². The van der Waals surface area contributed by atoms with Crippen molar-refractivity contribution < 1.29 is 4.79 Å². The van der Waals surface area contributed by atoms with Crippen molar-refractivity contribution >= 4 is 11.7 Å². The van der Waals surface area contributed by atoms with Crippen molar-refractivity contribution in [1.29, 1.82) is 5.26 Å². The number of rotatable bonds is 4. The molecular weight excluding hydrogens is 338 g/mol. The van der Waals surface area contributed by atoms with E-state index in [9.17, 15) is 10.1 Å². The fourth-order valence-corrected chi connectivity index (χ4v) is 3.79. The van der Waals surface area contributed by atoms with Crippen LogP contribution in [0.15, 0.2) is 36.7 Å². The topological polar surface area (TPSA) is 73.1 Å². The molecule has 0 saturated carbocycles. The van der Waals surface area contributed by atoms with Crippen molar-refractivity contribution in [1.82, 2.24) is 14.9 Å². The van der Waals surface area contributed by atoms with Crippen molar-refractivity contribution in [3.05, 3.63) is 53.5 Å². The van der Waals surface area contributed by atoms with Gasteiger partial charge in [-0.25, -0.2) is 9.97 Å². The summed E-state index contributed by atoms with van der Waals surface area (Å²) in [4.78, 5) is 25.3. The highest BCUT2D eigenvalue weighted by molar-refractivity contribution is 5.78. The van der Waals surface area contributed by atoms with Crippen molar-refractivity contribution in [3.63, 3.8) is 0 Å². The first-order chi connectivity index (χ1) is 13.0. The summed E-state index contributed by atoms with van der Waals surface area (Å²) in [6.07, 6.45) is 3.63. The highest BCUT2D eigenvalue weighted by Gasteiger charge is 2.30. The Kier molecular flexibility index (Phi) is 5.70. The Bertz CT molecular complexity index is 860. The first-order valence-electron chi connectivity index (χ1n) is 9.32. The van der Waals surface area contributed by atoms with Crippen LogP contribution in [0.5, 0.6) is 0 Å². The van der Waals surface area contributed by atoms with Gasteiger partial charge in [-0.2, -0.15) is 5.26 Å². The predicted molar refractivity (Wildman–Crippen MR) is 104 cm³/mol. The van der Waals surface area contributed by atoms with Gasteiger partial charge in [0.15, 0.2) is 11.5 Å². The molecule has 0 N–H and O–H groups in total. The van der Waals surface area contributed by atoms with Gasteiger partial charge in [0.05, 0.1) is 0 Å². The third kappa shape index (κ3) is 4.08. The molecule has 6 nitrogen and oxygen atoms in total. The number of nitrogens with zero attached hydrogens (tertiary/aromatic N) is 5. The summed E-state index contributed by atoms with van der Waals surface area (Å²) >= 11 is 0. The van der Waals surface area contributed by atoms with E-state index in [2.05, 4.69) is 42.0 Å². The summed E-state index contributed by atoms with van der Waals surface area (Å²) in [6, 6.07) is 10.4. The van der Waals surface area contributed by atoms with E-state index in [0.29, 0.717) is 37.6 Å². The third-order valence-electron chi connectivity index (χ3n) is 5.23. The van der Waals surface area contributed by atoms with E-state index in [-0.39, 0.29) is 17.9 Å². The summed E-state index contributed by atoms with van der Waals surface area (Å²) in [5, 5.41) is 9.24. The van der Waals surface area contributed by atoms with Crippen LogP contribution in [0.4, 0.5) is 5.82 Å². The van der Waals surface area contributed by atoms with Crippen LogP contribution in [0.2, 0.25) is 0 Å². The lowest BCUT2D eigenvalue weighted by Gasteiger charge is -2.40. The molecule has 1 aromatic carbocycles. The second-order valence-electron chi connectivity index (χ2n) is 7.18. The van der Waals surface area contributed by atoms with Crippen LogP contribution >= 0.6 is 0 Å². The zero-order valence-corrected chi connectivity index (χ0v) is 16.1. The minimum Gasteiger partial charge on any atom is -0.350 e. The van der Waals surface area contributed by atoms with Gasteiger partial charge >= 0.3 is 0 Å². The van der Waals surface area contributed by atoms with Gasteiger partial charge in [-0.15, -0.1) is 0 Å². The molecule has 1 aliphatic rings. The fourth-order valence-electron chi connectivity index (χ4n) is 3.79. The maximum absolute atomic E-state index is 12.9. The Labute approximate surface area is 160 Å². The van der Waals surface area contributed by atoms with Gasteiger partial charge in [0, 0.05) is 44.5 Å². The third-order valence-corrected chi connectivity index (χ3v) is 5.23. The van der Waals surface area contributed by atoms with Crippen molar-refractivity contribution in [2.45, 2.75) is 39.2 Å². The smallest absolute Gasteiger partial charge is 0.223 e. The van der Waals surface area contributed by atoms with E-state index in [1.165, 1.54) is 17.3 Å². The number of carbonyl (C=O) groups is 1. The molecular formula is C21H25N5O. The largest absolute Gasteiger partial charge is 0.350 e. The van der Waals surface area contributed by atoms with E-state index >= 15 is 0 Å². The van der Waals surface area contributed by atoms with Crippen LogP contribution in [0.25, 0.3) is 0 Å². The number of benzene rings is 1. The molecule has 1 amide bonds. The molecule has 1 aliphatic heterocycles. The summed E-state index contributed by atoms with van der Waals surface area (Å²) in [6.45, 7) is 8.18. The molecule has 1 fully saturated rings. The van der Waals surface area contributed by atoms with Crippen LogP contribution in [0.1, 0.15) is 43.0 Å². The number of hydrogen-bond acceptors (Lipinski definition) is 5. The summed E-state index contributed by atoms with van der Waals surface area (Å²) in [5.74, 6) is 0.971.